The molecule has 27 heavy (non-hydrogen) atoms. The van der Waals surface area contributed by atoms with E-state index in [1.54, 1.807) is 48.5 Å². The molecule has 0 aliphatic heterocycles. The van der Waals surface area contributed by atoms with Gasteiger partial charge in [0.25, 0.3) is 11.8 Å². The van der Waals surface area contributed by atoms with Crippen LogP contribution in [0.5, 0.6) is 0 Å². The quantitative estimate of drug-likeness (QED) is 0.533. The Morgan fingerprint density at radius 1 is 0.667 bits per heavy atom. The molecule has 0 aromatic heterocycles. The maximum Gasteiger partial charge on any atom is 0.271 e. The van der Waals surface area contributed by atoms with Crippen LogP contribution in [0.15, 0.2) is 90.0 Å². The van der Waals surface area contributed by atoms with Gasteiger partial charge in [0.2, 0.25) is 0 Å². The van der Waals surface area contributed by atoms with Crippen molar-refractivity contribution in [3.05, 3.63) is 102 Å². The number of amides is 2. The SMILES string of the molecule is C/C(=N/NC(=O)c1ccccc1)c1ccc(NC(=O)c2ccccc2)cc1. The van der Waals surface area contributed by atoms with E-state index in [1.165, 1.54) is 0 Å². The average molecular weight is 357 g/mol. The van der Waals surface area contributed by atoms with Crippen molar-refractivity contribution in [1.29, 1.82) is 0 Å². The van der Waals surface area contributed by atoms with E-state index in [2.05, 4.69) is 15.8 Å². The molecule has 3 rings (SSSR count). The number of anilines is 1. The molecule has 2 amide bonds. The van der Waals surface area contributed by atoms with Crippen molar-refractivity contribution in [3.8, 4) is 0 Å². The van der Waals surface area contributed by atoms with Gasteiger partial charge in [-0.1, -0.05) is 48.5 Å². The summed E-state index contributed by atoms with van der Waals surface area (Å²) in [5, 5.41) is 6.99. The van der Waals surface area contributed by atoms with Gasteiger partial charge < -0.3 is 5.32 Å². The van der Waals surface area contributed by atoms with E-state index in [0.717, 1.165) is 5.56 Å². The molecule has 0 saturated carbocycles. The van der Waals surface area contributed by atoms with Crippen molar-refractivity contribution in [2.24, 2.45) is 5.10 Å². The van der Waals surface area contributed by atoms with E-state index < -0.39 is 0 Å². The highest BCUT2D eigenvalue weighted by Gasteiger charge is 2.06. The lowest BCUT2D eigenvalue weighted by molar-refractivity contribution is 0.0954. The number of rotatable bonds is 5. The lowest BCUT2D eigenvalue weighted by Crippen LogP contribution is -2.19. The van der Waals surface area contributed by atoms with Gasteiger partial charge in [0.05, 0.1) is 5.71 Å². The summed E-state index contributed by atoms with van der Waals surface area (Å²) >= 11 is 0. The van der Waals surface area contributed by atoms with Crippen molar-refractivity contribution in [3.63, 3.8) is 0 Å². The monoisotopic (exact) mass is 357 g/mol. The predicted octanol–water partition coefficient (Wildman–Crippen LogP) is 4.09. The molecular formula is C22H19N3O2. The maximum atomic E-state index is 12.2. The normalized spacial score (nSPS) is 10.9. The van der Waals surface area contributed by atoms with Gasteiger partial charge in [0.1, 0.15) is 0 Å². The first-order chi connectivity index (χ1) is 13.1. The van der Waals surface area contributed by atoms with Gasteiger partial charge in [0.15, 0.2) is 0 Å². The Kier molecular flexibility index (Phi) is 5.74. The van der Waals surface area contributed by atoms with Gasteiger partial charge in [-0.25, -0.2) is 5.43 Å². The largest absolute Gasteiger partial charge is 0.322 e. The summed E-state index contributed by atoms with van der Waals surface area (Å²) in [6.07, 6.45) is 0. The minimum absolute atomic E-state index is 0.163. The van der Waals surface area contributed by atoms with Crippen LogP contribution in [0.25, 0.3) is 0 Å². The van der Waals surface area contributed by atoms with Crippen LogP contribution in [0.3, 0.4) is 0 Å². The third kappa shape index (κ3) is 4.89. The summed E-state index contributed by atoms with van der Waals surface area (Å²) in [6, 6.07) is 25.2. The number of hydrogen-bond acceptors (Lipinski definition) is 3. The third-order valence-corrected chi connectivity index (χ3v) is 3.96. The molecule has 0 aliphatic carbocycles. The standard InChI is InChI=1S/C22H19N3O2/c1-16(24-25-22(27)19-10-6-3-7-11-19)17-12-14-20(15-13-17)23-21(26)18-8-4-2-5-9-18/h2-15H,1H3,(H,23,26)(H,25,27)/b24-16-. The van der Waals surface area contributed by atoms with E-state index >= 15 is 0 Å². The molecule has 0 atom stereocenters. The lowest BCUT2D eigenvalue weighted by Gasteiger charge is -2.07. The first-order valence-corrected chi connectivity index (χ1v) is 8.50. The lowest BCUT2D eigenvalue weighted by atomic mass is 10.1. The summed E-state index contributed by atoms with van der Waals surface area (Å²) in [5.74, 6) is -0.425. The molecule has 5 heteroatoms. The first-order valence-electron chi connectivity index (χ1n) is 8.50. The van der Waals surface area contributed by atoms with E-state index in [9.17, 15) is 9.59 Å². The summed E-state index contributed by atoms with van der Waals surface area (Å²) < 4.78 is 0. The fraction of sp³-hybridized carbons (Fsp3) is 0.0455. The topological polar surface area (TPSA) is 70.6 Å². The zero-order chi connectivity index (χ0) is 19.1. The second-order valence-corrected chi connectivity index (χ2v) is 5.90. The molecule has 0 bridgehead atoms. The second-order valence-electron chi connectivity index (χ2n) is 5.90. The highest BCUT2D eigenvalue weighted by atomic mass is 16.2. The van der Waals surface area contributed by atoms with Crippen LogP contribution in [-0.2, 0) is 0 Å². The average Bonchev–Trinajstić information content (AvgIpc) is 2.73. The van der Waals surface area contributed by atoms with Crippen LogP contribution < -0.4 is 10.7 Å². The molecule has 0 unspecified atom stereocenters. The maximum absolute atomic E-state index is 12.2. The Hall–Kier alpha value is -3.73. The minimum atomic E-state index is -0.262. The zero-order valence-corrected chi connectivity index (χ0v) is 14.8. The Labute approximate surface area is 157 Å². The highest BCUT2D eigenvalue weighted by molar-refractivity contribution is 6.05. The van der Waals surface area contributed by atoms with Crippen LogP contribution in [0, 0.1) is 0 Å². The van der Waals surface area contributed by atoms with E-state index in [1.807, 2.05) is 43.3 Å². The summed E-state index contributed by atoms with van der Waals surface area (Å²) in [5.41, 5.74) is 5.90. The van der Waals surface area contributed by atoms with Crippen LogP contribution in [0.1, 0.15) is 33.2 Å². The Balaban J connectivity index is 1.62. The Morgan fingerprint density at radius 3 is 1.74 bits per heavy atom. The molecule has 0 heterocycles. The molecule has 5 nitrogen and oxygen atoms in total. The molecule has 0 aliphatic rings. The smallest absolute Gasteiger partial charge is 0.271 e. The van der Waals surface area contributed by atoms with Crippen molar-refractivity contribution in [1.82, 2.24) is 5.43 Å². The fourth-order valence-electron chi connectivity index (χ4n) is 2.44. The number of benzene rings is 3. The van der Waals surface area contributed by atoms with E-state index in [-0.39, 0.29) is 11.8 Å². The number of hydrazone groups is 1. The van der Waals surface area contributed by atoms with Crippen molar-refractivity contribution >= 4 is 23.2 Å². The van der Waals surface area contributed by atoms with Crippen LogP contribution in [0.4, 0.5) is 5.69 Å². The van der Waals surface area contributed by atoms with Gasteiger partial charge >= 0.3 is 0 Å². The molecule has 0 saturated heterocycles. The van der Waals surface area contributed by atoms with Crippen LogP contribution in [-0.4, -0.2) is 17.5 Å². The zero-order valence-electron chi connectivity index (χ0n) is 14.8. The van der Waals surface area contributed by atoms with Gasteiger partial charge in [-0.2, -0.15) is 5.10 Å². The number of carbonyl (C=O) groups excluding carboxylic acids is 2. The summed E-state index contributed by atoms with van der Waals surface area (Å²) in [4.78, 5) is 24.2. The van der Waals surface area contributed by atoms with Crippen LogP contribution >= 0.6 is 0 Å². The molecule has 2 N–H and O–H groups in total. The number of nitrogens with one attached hydrogen (secondary N) is 2. The Bertz CT molecular complexity index is 950. The Morgan fingerprint density at radius 2 is 1.19 bits per heavy atom. The number of hydrogen-bond donors (Lipinski definition) is 2. The fourth-order valence-corrected chi connectivity index (χ4v) is 2.44. The van der Waals surface area contributed by atoms with Crippen molar-refractivity contribution in [2.75, 3.05) is 5.32 Å². The van der Waals surface area contributed by atoms with Gasteiger partial charge in [-0.05, 0) is 48.9 Å². The predicted molar refractivity (Wildman–Crippen MR) is 107 cm³/mol. The molecular weight excluding hydrogens is 338 g/mol. The molecule has 0 spiro atoms. The number of carbonyl (C=O) groups is 2. The summed E-state index contributed by atoms with van der Waals surface area (Å²) in [6.45, 7) is 1.81. The number of nitrogens with zero attached hydrogens (tertiary/aromatic N) is 1. The highest BCUT2D eigenvalue weighted by Crippen LogP contribution is 2.12. The van der Waals surface area contributed by atoms with Gasteiger partial charge in [0, 0.05) is 16.8 Å². The third-order valence-electron chi connectivity index (χ3n) is 3.96. The van der Waals surface area contributed by atoms with E-state index in [4.69, 9.17) is 0 Å². The molecule has 0 fully saturated rings. The molecule has 3 aromatic carbocycles. The molecule has 0 radical (unpaired) electrons. The molecule has 3 aromatic rings. The molecule has 134 valence electrons. The van der Waals surface area contributed by atoms with Crippen molar-refractivity contribution in [2.45, 2.75) is 6.92 Å². The summed E-state index contributed by atoms with van der Waals surface area (Å²) in [7, 11) is 0. The minimum Gasteiger partial charge on any atom is -0.322 e. The van der Waals surface area contributed by atoms with Crippen LogP contribution in [0.2, 0.25) is 0 Å². The van der Waals surface area contributed by atoms with Crippen molar-refractivity contribution < 1.29 is 9.59 Å². The first kappa shape index (κ1) is 18.1. The van der Waals surface area contributed by atoms with Gasteiger partial charge in [-0.3, -0.25) is 9.59 Å². The van der Waals surface area contributed by atoms with E-state index in [0.29, 0.717) is 22.5 Å². The van der Waals surface area contributed by atoms with Gasteiger partial charge in [-0.15, -0.1) is 0 Å². The second kappa shape index (κ2) is 8.58.